The molecular weight excluding hydrogens is 166 g/mol. The van der Waals surface area contributed by atoms with Crippen molar-refractivity contribution in [1.82, 2.24) is 0 Å². The topological polar surface area (TPSA) is 12.0 Å². The van der Waals surface area contributed by atoms with Crippen molar-refractivity contribution in [2.24, 2.45) is 0 Å². The van der Waals surface area contributed by atoms with Gasteiger partial charge in [-0.2, -0.15) is 0 Å². The van der Waals surface area contributed by atoms with Crippen molar-refractivity contribution in [2.75, 3.05) is 17.6 Å². The molecule has 0 radical (unpaired) electrons. The molecule has 0 amide bonds. The molecule has 0 spiro atoms. The Morgan fingerprint density at radius 2 is 1.83 bits per heavy atom. The predicted octanol–water partition coefficient (Wildman–Crippen LogP) is 3.23. The molecule has 1 aromatic carbocycles. The van der Waals surface area contributed by atoms with Gasteiger partial charge < -0.3 is 5.32 Å². The van der Waals surface area contributed by atoms with Gasteiger partial charge in [0.15, 0.2) is 0 Å². The summed E-state index contributed by atoms with van der Waals surface area (Å²) in [5.41, 5.74) is 1.21. The predicted molar refractivity (Wildman–Crippen MR) is 57.0 cm³/mol. The minimum absolute atomic E-state index is 0.986. The largest absolute Gasteiger partial charge is 0.385 e. The average molecular weight is 181 g/mol. The third-order valence-electron chi connectivity index (χ3n) is 1.55. The zero-order valence-corrected chi connectivity index (χ0v) is 8.45. The number of benzene rings is 1. The lowest BCUT2D eigenvalue weighted by Gasteiger charge is -2.03. The van der Waals surface area contributed by atoms with Crippen LogP contribution in [0.3, 0.4) is 0 Å². The van der Waals surface area contributed by atoms with Crippen molar-refractivity contribution in [3.8, 4) is 0 Å². The van der Waals surface area contributed by atoms with Crippen LogP contribution in [0.15, 0.2) is 29.2 Å². The van der Waals surface area contributed by atoms with Gasteiger partial charge in [-0.05, 0) is 36.9 Å². The van der Waals surface area contributed by atoms with Crippen LogP contribution >= 0.6 is 11.8 Å². The molecule has 0 aromatic heterocycles. The molecular formula is C10H15NS. The summed E-state index contributed by atoms with van der Waals surface area (Å²) in [6.45, 7) is 5.26. The van der Waals surface area contributed by atoms with Crippen LogP contribution in [0.5, 0.6) is 0 Å². The number of nitrogens with one attached hydrogen (secondary N) is 1. The maximum Gasteiger partial charge on any atom is 0.0340 e. The summed E-state index contributed by atoms with van der Waals surface area (Å²) in [5, 5.41) is 3.27. The fourth-order valence-corrected chi connectivity index (χ4v) is 1.70. The number of anilines is 1. The van der Waals surface area contributed by atoms with Gasteiger partial charge in [0.1, 0.15) is 0 Å². The molecule has 0 bridgehead atoms. The van der Waals surface area contributed by atoms with Gasteiger partial charge in [-0.25, -0.2) is 0 Å². The maximum absolute atomic E-state index is 3.27. The summed E-state index contributed by atoms with van der Waals surface area (Å²) in [6, 6.07) is 8.57. The summed E-state index contributed by atoms with van der Waals surface area (Å²) < 4.78 is 0. The van der Waals surface area contributed by atoms with Gasteiger partial charge in [0.25, 0.3) is 0 Å². The van der Waals surface area contributed by atoms with E-state index in [0.717, 1.165) is 12.3 Å². The van der Waals surface area contributed by atoms with E-state index in [1.165, 1.54) is 10.6 Å². The van der Waals surface area contributed by atoms with Gasteiger partial charge in [0.05, 0.1) is 0 Å². The second-order valence-electron chi connectivity index (χ2n) is 2.49. The monoisotopic (exact) mass is 181 g/mol. The van der Waals surface area contributed by atoms with Gasteiger partial charge in [-0.1, -0.05) is 6.92 Å². The highest BCUT2D eigenvalue weighted by molar-refractivity contribution is 7.99. The van der Waals surface area contributed by atoms with E-state index in [4.69, 9.17) is 0 Å². The molecule has 1 N–H and O–H groups in total. The van der Waals surface area contributed by atoms with Crippen molar-refractivity contribution >= 4 is 17.4 Å². The van der Waals surface area contributed by atoms with Crippen LogP contribution in [0.1, 0.15) is 13.8 Å². The van der Waals surface area contributed by atoms with E-state index in [1.807, 2.05) is 11.8 Å². The van der Waals surface area contributed by atoms with E-state index in [-0.39, 0.29) is 0 Å². The summed E-state index contributed by atoms with van der Waals surface area (Å²) in [4.78, 5) is 1.35. The normalized spacial score (nSPS) is 9.83. The molecule has 0 aliphatic heterocycles. The van der Waals surface area contributed by atoms with E-state index in [9.17, 15) is 0 Å². The molecule has 2 heteroatoms. The quantitative estimate of drug-likeness (QED) is 0.716. The van der Waals surface area contributed by atoms with Crippen molar-refractivity contribution in [2.45, 2.75) is 18.7 Å². The van der Waals surface area contributed by atoms with E-state index in [2.05, 4.69) is 43.4 Å². The molecule has 12 heavy (non-hydrogen) atoms. The number of hydrogen-bond donors (Lipinski definition) is 1. The fourth-order valence-electron chi connectivity index (χ4n) is 1.04. The molecule has 1 rings (SSSR count). The first-order valence-corrected chi connectivity index (χ1v) is 5.32. The second kappa shape index (κ2) is 5.09. The Balaban J connectivity index is 2.58. The zero-order chi connectivity index (χ0) is 8.81. The van der Waals surface area contributed by atoms with Gasteiger partial charge in [-0.3, -0.25) is 0 Å². The highest BCUT2D eigenvalue weighted by Gasteiger charge is 1.91. The molecule has 0 aliphatic carbocycles. The first-order chi connectivity index (χ1) is 5.86. The van der Waals surface area contributed by atoms with Crippen LogP contribution in [-0.2, 0) is 0 Å². The van der Waals surface area contributed by atoms with E-state index in [1.54, 1.807) is 0 Å². The summed E-state index contributed by atoms with van der Waals surface area (Å²) in [7, 11) is 0. The number of hydrogen-bond acceptors (Lipinski definition) is 2. The molecule has 0 fully saturated rings. The highest BCUT2D eigenvalue weighted by Crippen LogP contribution is 2.19. The minimum Gasteiger partial charge on any atom is -0.385 e. The van der Waals surface area contributed by atoms with Crippen molar-refractivity contribution in [1.29, 1.82) is 0 Å². The third kappa shape index (κ3) is 2.78. The lowest BCUT2D eigenvalue weighted by atomic mass is 10.3. The van der Waals surface area contributed by atoms with Crippen molar-refractivity contribution < 1.29 is 0 Å². The van der Waals surface area contributed by atoms with Crippen molar-refractivity contribution in [3.05, 3.63) is 24.3 Å². The van der Waals surface area contributed by atoms with Crippen LogP contribution in [-0.4, -0.2) is 12.3 Å². The van der Waals surface area contributed by atoms with Crippen molar-refractivity contribution in [3.63, 3.8) is 0 Å². The molecule has 0 unspecified atom stereocenters. The Labute approximate surface area is 78.6 Å². The zero-order valence-electron chi connectivity index (χ0n) is 7.63. The van der Waals surface area contributed by atoms with E-state index >= 15 is 0 Å². The van der Waals surface area contributed by atoms with Crippen LogP contribution in [0.25, 0.3) is 0 Å². The SMILES string of the molecule is CCNc1ccc(SCC)cc1. The van der Waals surface area contributed by atoms with Crippen LogP contribution in [0, 0.1) is 0 Å². The lowest BCUT2D eigenvalue weighted by molar-refractivity contribution is 1.21. The summed E-state index contributed by atoms with van der Waals surface area (Å²) in [6.07, 6.45) is 0. The van der Waals surface area contributed by atoms with Crippen LogP contribution in [0.2, 0.25) is 0 Å². The average Bonchev–Trinajstić information content (AvgIpc) is 2.09. The van der Waals surface area contributed by atoms with Crippen LogP contribution < -0.4 is 5.32 Å². The maximum atomic E-state index is 3.27. The lowest BCUT2D eigenvalue weighted by Crippen LogP contribution is -1.95. The van der Waals surface area contributed by atoms with Crippen LogP contribution in [0.4, 0.5) is 5.69 Å². The van der Waals surface area contributed by atoms with E-state index < -0.39 is 0 Å². The smallest absolute Gasteiger partial charge is 0.0340 e. The molecule has 0 aliphatic rings. The van der Waals surface area contributed by atoms with Gasteiger partial charge in [-0.15, -0.1) is 11.8 Å². The van der Waals surface area contributed by atoms with E-state index in [0.29, 0.717) is 0 Å². The fraction of sp³-hybridized carbons (Fsp3) is 0.400. The molecule has 0 saturated heterocycles. The molecule has 1 aromatic rings. The molecule has 0 atom stereocenters. The first kappa shape index (κ1) is 9.46. The third-order valence-corrected chi connectivity index (χ3v) is 2.44. The molecule has 0 heterocycles. The molecule has 1 nitrogen and oxygen atoms in total. The molecule has 66 valence electrons. The Morgan fingerprint density at radius 1 is 1.17 bits per heavy atom. The Hall–Kier alpha value is -0.630. The Bertz CT molecular complexity index is 193. The number of thioether (sulfide) groups is 1. The number of rotatable bonds is 4. The summed E-state index contributed by atoms with van der Waals surface area (Å²) in [5.74, 6) is 1.14. The molecule has 0 saturated carbocycles. The van der Waals surface area contributed by atoms with Gasteiger partial charge in [0, 0.05) is 17.1 Å². The minimum atomic E-state index is 0.986. The Morgan fingerprint density at radius 3 is 2.33 bits per heavy atom. The summed E-state index contributed by atoms with van der Waals surface area (Å²) >= 11 is 1.87. The Kier molecular flexibility index (Phi) is 4.01. The van der Waals surface area contributed by atoms with Gasteiger partial charge in [0.2, 0.25) is 0 Å². The highest BCUT2D eigenvalue weighted by atomic mass is 32.2. The second-order valence-corrected chi connectivity index (χ2v) is 3.83. The van der Waals surface area contributed by atoms with Gasteiger partial charge >= 0.3 is 0 Å². The standard InChI is InChI=1S/C10H15NS/c1-3-11-9-5-7-10(8-6-9)12-4-2/h5-8,11H,3-4H2,1-2H3. The first-order valence-electron chi connectivity index (χ1n) is 4.33.